The normalized spacial score (nSPS) is 10.2. The first kappa shape index (κ1) is 18.1. The molecule has 0 amide bonds. The van der Waals surface area contributed by atoms with E-state index in [-0.39, 0.29) is 6.61 Å². The van der Waals surface area contributed by atoms with E-state index in [1.54, 1.807) is 4.90 Å². The van der Waals surface area contributed by atoms with Crippen molar-refractivity contribution in [2.24, 2.45) is 5.16 Å². The maximum Gasteiger partial charge on any atom is 0.142 e. The van der Waals surface area contributed by atoms with E-state index in [9.17, 15) is 9.90 Å². The molecule has 0 aliphatic rings. The summed E-state index contributed by atoms with van der Waals surface area (Å²) in [7, 11) is 0. The minimum atomic E-state index is -1.37. The van der Waals surface area contributed by atoms with Crippen LogP contribution in [0.25, 0.3) is 0 Å². The maximum absolute atomic E-state index is 9.87. The first-order valence-electron chi connectivity index (χ1n) is 6.87. The second-order valence-corrected chi connectivity index (χ2v) is 4.12. The number of oxime groups is 1. The van der Waals surface area contributed by atoms with Crippen LogP contribution in [0.3, 0.4) is 0 Å². The number of carboxylic acids is 1. The monoisotopic (exact) mass is 280 g/mol. The van der Waals surface area contributed by atoms with Crippen LogP contribution < -0.4 is 10.0 Å². The summed E-state index contributed by atoms with van der Waals surface area (Å²) in [5.74, 6) is -1.37. The van der Waals surface area contributed by atoms with Crippen LogP contribution in [0.5, 0.6) is 0 Å². The van der Waals surface area contributed by atoms with Crippen LogP contribution >= 0.6 is 0 Å². The largest absolute Gasteiger partial charge is 0.544 e. The molecule has 1 aromatic carbocycles. The zero-order valence-electron chi connectivity index (χ0n) is 12.5. The number of rotatable bonds is 7. The minimum Gasteiger partial charge on any atom is -0.544 e. The van der Waals surface area contributed by atoms with Crippen LogP contribution in [0.2, 0.25) is 0 Å². The third-order valence-electron chi connectivity index (χ3n) is 2.81. The van der Waals surface area contributed by atoms with Gasteiger partial charge in [-0.15, -0.1) is 0 Å². The lowest BCUT2D eigenvalue weighted by molar-refractivity contribution is -0.894. The summed E-state index contributed by atoms with van der Waals surface area (Å²) in [4.78, 5) is 16.2. The molecule has 0 bridgehead atoms. The highest BCUT2D eigenvalue weighted by Crippen LogP contribution is 1.99. The third-order valence-corrected chi connectivity index (χ3v) is 2.81. The molecule has 0 saturated heterocycles. The Bertz CT molecular complexity index is 370. The highest BCUT2D eigenvalue weighted by molar-refractivity contribution is 6.20. The Hall–Kier alpha value is -1.88. The average Bonchev–Trinajstić information content (AvgIpc) is 2.47. The molecule has 0 fully saturated rings. The molecule has 0 aliphatic heterocycles. The molecule has 0 heterocycles. The summed E-state index contributed by atoms with van der Waals surface area (Å²) < 4.78 is 0. The van der Waals surface area contributed by atoms with Crippen molar-refractivity contribution in [2.75, 3.05) is 19.6 Å². The summed E-state index contributed by atoms with van der Waals surface area (Å²) in [6, 6.07) is 9.32. The number of carbonyl (C=O) groups is 1. The highest BCUT2D eigenvalue weighted by Gasteiger charge is 1.93. The van der Waals surface area contributed by atoms with Gasteiger partial charge in [0.15, 0.2) is 0 Å². The summed E-state index contributed by atoms with van der Waals surface area (Å²) >= 11 is 0. The van der Waals surface area contributed by atoms with Crippen molar-refractivity contribution in [3.63, 3.8) is 0 Å². The van der Waals surface area contributed by atoms with E-state index in [0.29, 0.717) is 6.21 Å². The lowest BCUT2D eigenvalue weighted by Gasteiger charge is -2.10. The van der Waals surface area contributed by atoms with E-state index < -0.39 is 5.97 Å². The number of aliphatic carboxylic acids is 1. The standard InChI is InChI=1S/C9H9NO3.C6H15N/c11-9(12)6-10-13-7-8-4-2-1-3-5-8;1-4-7(5-2)6-3/h1-6H,7H2,(H,11,12);4-6H2,1-3H3. The molecule has 0 saturated carbocycles. The zero-order valence-corrected chi connectivity index (χ0v) is 12.5. The van der Waals surface area contributed by atoms with Gasteiger partial charge in [0.25, 0.3) is 0 Å². The Morgan fingerprint density at radius 1 is 1.20 bits per heavy atom. The fourth-order valence-corrected chi connectivity index (χ4v) is 1.52. The number of quaternary nitrogens is 1. The summed E-state index contributed by atoms with van der Waals surface area (Å²) in [5.41, 5.74) is 0.929. The minimum absolute atomic E-state index is 0.255. The van der Waals surface area contributed by atoms with Gasteiger partial charge in [0.05, 0.1) is 31.8 Å². The molecule has 0 aromatic heterocycles. The predicted molar refractivity (Wildman–Crippen MR) is 77.3 cm³/mol. The van der Waals surface area contributed by atoms with E-state index in [4.69, 9.17) is 0 Å². The Balaban J connectivity index is 0.000000441. The fraction of sp³-hybridized carbons (Fsp3) is 0.467. The van der Waals surface area contributed by atoms with Gasteiger partial charge in [0, 0.05) is 0 Å². The van der Waals surface area contributed by atoms with Crippen molar-refractivity contribution in [3.05, 3.63) is 35.9 Å². The van der Waals surface area contributed by atoms with Crippen LogP contribution in [0.15, 0.2) is 35.5 Å². The van der Waals surface area contributed by atoms with Crippen molar-refractivity contribution < 1.29 is 19.6 Å². The molecule has 20 heavy (non-hydrogen) atoms. The molecule has 112 valence electrons. The molecule has 0 aliphatic carbocycles. The zero-order chi connectivity index (χ0) is 15.2. The number of nitrogens with zero attached hydrogens (tertiary/aromatic N) is 1. The van der Waals surface area contributed by atoms with Gasteiger partial charge in [0.2, 0.25) is 0 Å². The Morgan fingerprint density at radius 3 is 2.15 bits per heavy atom. The Labute approximate surface area is 120 Å². The van der Waals surface area contributed by atoms with Crippen LogP contribution in [0.4, 0.5) is 0 Å². The highest BCUT2D eigenvalue weighted by atomic mass is 16.6. The van der Waals surface area contributed by atoms with Gasteiger partial charge in [0.1, 0.15) is 6.61 Å². The number of nitrogens with one attached hydrogen (secondary N) is 1. The van der Waals surface area contributed by atoms with Gasteiger partial charge in [-0.1, -0.05) is 35.5 Å². The van der Waals surface area contributed by atoms with Crippen LogP contribution in [0, 0.1) is 0 Å². The second-order valence-electron chi connectivity index (χ2n) is 4.12. The lowest BCUT2D eigenvalue weighted by atomic mass is 10.2. The molecule has 5 nitrogen and oxygen atoms in total. The van der Waals surface area contributed by atoms with Gasteiger partial charge >= 0.3 is 0 Å². The first-order valence-corrected chi connectivity index (χ1v) is 6.87. The summed E-state index contributed by atoms with van der Waals surface area (Å²) in [5, 5.41) is 13.0. The molecule has 1 aromatic rings. The number of hydrogen-bond acceptors (Lipinski definition) is 4. The van der Waals surface area contributed by atoms with Crippen molar-refractivity contribution in [1.29, 1.82) is 0 Å². The third kappa shape index (κ3) is 10.1. The Morgan fingerprint density at radius 2 is 1.75 bits per heavy atom. The molecular weight excluding hydrogens is 256 g/mol. The van der Waals surface area contributed by atoms with E-state index in [1.807, 2.05) is 30.3 Å². The number of carboxylic acid groups (broad SMARTS) is 1. The van der Waals surface area contributed by atoms with Crippen molar-refractivity contribution in [3.8, 4) is 0 Å². The van der Waals surface area contributed by atoms with Gasteiger partial charge in [-0.2, -0.15) is 0 Å². The number of carbonyl (C=O) groups excluding carboxylic acids is 1. The maximum atomic E-state index is 9.87. The molecule has 5 heteroatoms. The van der Waals surface area contributed by atoms with E-state index in [0.717, 1.165) is 5.56 Å². The molecule has 0 spiro atoms. The number of benzene rings is 1. The summed E-state index contributed by atoms with van der Waals surface area (Å²) in [6.45, 7) is 10.7. The molecule has 0 radical (unpaired) electrons. The summed E-state index contributed by atoms with van der Waals surface area (Å²) in [6.07, 6.45) is 0.600. The van der Waals surface area contributed by atoms with Crippen molar-refractivity contribution >= 4 is 12.2 Å². The smallest absolute Gasteiger partial charge is 0.142 e. The fourth-order valence-electron chi connectivity index (χ4n) is 1.52. The van der Waals surface area contributed by atoms with Gasteiger partial charge in [-0.3, -0.25) is 0 Å². The SMILES string of the molecule is CC[NH+](CC)CC.O=C([O-])C=NOCc1ccccc1. The van der Waals surface area contributed by atoms with Crippen LogP contribution in [0.1, 0.15) is 26.3 Å². The quantitative estimate of drug-likeness (QED) is 0.559. The average molecular weight is 280 g/mol. The van der Waals surface area contributed by atoms with Crippen LogP contribution in [-0.4, -0.2) is 31.8 Å². The Kier molecular flexibility index (Phi) is 11.0. The van der Waals surface area contributed by atoms with E-state index >= 15 is 0 Å². The van der Waals surface area contributed by atoms with Crippen LogP contribution in [-0.2, 0) is 16.2 Å². The van der Waals surface area contributed by atoms with E-state index in [2.05, 4.69) is 30.8 Å². The van der Waals surface area contributed by atoms with Gasteiger partial charge < -0.3 is 19.6 Å². The van der Waals surface area contributed by atoms with E-state index in [1.165, 1.54) is 19.6 Å². The topological polar surface area (TPSA) is 66.2 Å². The molecule has 1 N–H and O–H groups in total. The first-order chi connectivity index (χ1) is 9.63. The second kappa shape index (κ2) is 12.2. The molecule has 0 atom stereocenters. The van der Waals surface area contributed by atoms with Gasteiger partial charge in [-0.25, -0.2) is 0 Å². The lowest BCUT2D eigenvalue weighted by Crippen LogP contribution is -3.11. The molecular formula is C15H24N2O3. The predicted octanol–water partition coefficient (Wildman–Crippen LogP) is -0.130. The van der Waals surface area contributed by atoms with Crippen molar-refractivity contribution in [1.82, 2.24) is 0 Å². The molecule has 1 rings (SSSR count). The number of hydrogen-bond donors (Lipinski definition) is 1. The van der Waals surface area contributed by atoms with Gasteiger partial charge in [-0.05, 0) is 26.3 Å². The van der Waals surface area contributed by atoms with Crippen molar-refractivity contribution in [2.45, 2.75) is 27.4 Å². The molecule has 0 unspecified atom stereocenters.